The summed E-state index contributed by atoms with van der Waals surface area (Å²) in [6.07, 6.45) is 19.7. The van der Waals surface area contributed by atoms with Gasteiger partial charge in [0, 0.05) is 89.2 Å². The third-order valence-corrected chi connectivity index (χ3v) is 31.7. The summed E-state index contributed by atoms with van der Waals surface area (Å²) < 4.78 is 14.8. The van der Waals surface area contributed by atoms with E-state index in [2.05, 4.69) is 417 Å². The maximum absolute atomic E-state index is 6.38. The van der Waals surface area contributed by atoms with Gasteiger partial charge in [-0.3, -0.25) is 0 Å². The zero-order valence-electron chi connectivity index (χ0n) is 75.6. The minimum atomic E-state index is -2.50. The van der Waals surface area contributed by atoms with Crippen LogP contribution >= 0.6 is 227 Å². The SMILES string of the molecule is Brc1c(-c2ccccc2)n[n-]c1-c1ccccc1.Brc1c(-c2ccccc2)n[n-]c1-c1ccccc1.Brc1c(-c2ccccc2)n[n-]c1-c1ccccc1.Brc1cn[n-]c1.Brc1cn[n-]c1.Brc1cn[n-]c1.Brc1cn[n-]c1.Brc1cn[n-]c1.Brc1cn[n-]c1.ClCCCl.ClCCl.ClCCl.[Cu+2].[Cu+2].[Cu+2].[Cu+2].[Cu+2].[Cu+2].[O-2].[O-2].c1ccc(P(=[N+]=P(c2ccccc2)(c2ccccc2)c2ccccc2)(c2ccccc2)c2ccccc2)cc1. The average Bonchev–Trinajstić information content (AvgIpc) is 1.26. The first-order valence-corrected chi connectivity index (χ1v) is 55.0. The van der Waals surface area contributed by atoms with Crippen LogP contribution in [0, 0.1) is 0 Å². The van der Waals surface area contributed by atoms with E-state index in [1.165, 1.54) is 31.8 Å². The fourth-order valence-corrected chi connectivity index (χ4v) is 24.6. The molecule has 0 saturated carbocycles. The van der Waals surface area contributed by atoms with Gasteiger partial charge in [-0.1, -0.05) is 404 Å². The van der Waals surface area contributed by atoms with Gasteiger partial charge >= 0.3 is 117 Å². The maximum atomic E-state index is 6.38. The Labute approximate surface area is 1020 Å². The van der Waals surface area contributed by atoms with E-state index in [1.807, 2.05) is 182 Å². The molecule has 0 spiro atoms. The van der Waals surface area contributed by atoms with Gasteiger partial charge in [-0.05, 0) is 154 Å². The van der Waals surface area contributed by atoms with Crippen molar-refractivity contribution in [3.8, 4) is 67.5 Å². The number of hydrogen-bond acceptors (Lipinski definition) is 9. The smallest absolute Gasteiger partial charge is 2.00 e. The molecule has 0 amide bonds. The molecule has 9 aromatic heterocycles. The molecule has 6 radical (unpaired) electrons. The summed E-state index contributed by atoms with van der Waals surface area (Å²) in [5, 5.41) is 75.8. The molecule has 0 aliphatic carbocycles. The Morgan fingerprint density at radius 1 is 0.211 bits per heavy atom. The zero-order valence-corrected chi connectivity index (χ0v) is 102. The molecule has 0 atom stereocenters. The standard InChI is InChI=1S/C36H30NP2.3C15H10BrN2.6C3H2BrN2.C2H4Cl2.2CH2Cl2.6Cu.2O/c1-7-19-31(20-8-1)38(32-21-9-2-10-22-32,33-23-11-3-12-24-33)37-39(34-25-13-4-14-26-34,35-27-15-5-16-28-35)36-29-17-6-18-30-36;3*16-13-14(11-7-3-1-4-8-11)17-18-15(13)12-9-5-2-6-10-12;6*4-3-1-5-6-2-3;3-1-2-4;2*2-1-3;;;;;;;;/h1-30H;3*1-10H;6*1-2H;1-2H2;2*1H2;;;;;;;;/q+1;9*-1;;;;6*+2;2*-2. The van der Waals surface area contributed by atoms with Crippen molar-refractivity contribution < 1.29 is 113 Å². The van der Waals surface area contributed by atoms with Crippen molar-refractivity contribution in [2.75, 3.05) is 22.4 Å². The fraction of sp³-hybridized carbons (Fsp3) is 0.0388. The van der Waals surface area contributed by atoms with Gasteiger partial charge in [0.25, 0.3) is 0 Å². The van der Waals surface area contributed by atoms with Crippen molar-refractivity contribution in [3.05, 3.63) is 479 Å². The first-order valence-electron chi connectivity index (χ1n) is 41.2. The average molecular weight is 2990 g/mol. The van der Waals surface area contributed by atoms with Crippen molar-refractivity contribution in [1.29, 1.82) is 0 Å². The van der Waals surface area contributed by atoms with Crippen LogP contribution in [0.25, 0.3) is 67.5 Å². The predicted octanol–water partition coefficient (Wildman–Crippen LogP) is 27.7. The minimum Gasteiger partial charge on any atom is -2.00 e. The maximum Gasteiger partial charge on any atom is 2.00 e. The zero-order chi connectivity index (χ0) is 98.8. The molecule has 9 heterocycles. The van der Waals surface area contributed by atoms with Crippen molar-refractivity contribution in [2.45, 2.75) is 0 Å². The molecule has 780 valence electrons. The van der Waals surface area contributed by atoms with Crippen LogP contribution in [0.3, 0.4) is 0 Å². The molecule has 0 unspecified atom stereocenters. The summed E-state index contributed by atoms with van der Waals surface area (Å²) in [7, 11) is -4.99. The first kappa shape index (κ1) is 138. The Bertz CT molecular complexity index is 5850. The molecule has 0 fully saturated rings. The van der Waals surface area contributed by atoms with E-state index in [-0.39, 0.29) is 124 Å². The molecule has 0 bridgehead atoms. The van der Waals surface area contributed by atoms with Crippen LogP contribution in [0.1, 0.15) is 0 Å². The van der Waals surface area contributed by atoms with Gasteiger partial charge < -0.3 is 103 Å². The second-order valence-electron chi connectivity index (χ2n) is 27.0. The third-order valence-electron chi connectivity index (χ3n) is 18.0. The van der Waals surface area contributed by atoms with Gasteiger partial charge in [0.2, 0.25) is 0 Å². The molecule has 21 aromatic rings. The van der Waals surface area contributed by atoms with E-state index < -0.39 is 14.1 Å². The molecule has 21 nitrogen and oxygen atoms in total. The molecule has 147 heavy (non-hydrogen) atoms. The van der Waals surface area contributed by atoms with E-state index in [9.17, 15) is 0 Å². The van der Waals surface area contributed by atoms with Gasteiger partial charge in [0.05, 0.1) is 59.6 Å². The molecule has 21 rings (SSSR count). The van der Waals surface area contributed by atoms with E-state index in [4.69, 9.17) is 73.8 Å². The van der Waals surface area contributed by atoms with E-state index >= 15 is 0 Å². The molecule has 0 N–H and O–H groups in total. The second-order valence-corrected chi connectivity index (χ2v) is 43.6. The number of hydrogen-bond donors (Lipinski definition) is 0. The van der Waals surface area contributed by atoms with Crippen molar-refractivity contribution in [2.24, 2.45) is 0 Å². The number of rotatable bonds is 13. The third kappa shape index (κ3) is 46.6. The summed E-state index contributed by atoms with van der Waals surface area (Å²) in [4.78, 5) is 0. The molecule has 0 aliphatic rings. The van der Waals surface area contributed by atoms with Crippen LogP contribution in [0.15, 0.2) is 479 Å². The number of nitrogens with zero attached hydrogens (tertiary/aromatic N) is 19. The summed E-state index contributed by atoms with van der Waals surface area (Å²) >= 11 is 58.9. The van der Waals surface area contributed by atoms with E-state index in [0.717, 1.165) is 108 Å². The Kier molecular flexibility index (Phi) is 76.1. The van der Waals surface area contributed by atoms with Gasteiger partial charge in [-0.15, -0.1) is 111 Å². The van der Waals surface area contributed by atoms with Crippen LogP contribution in [-0.2, 0) is 113 Å². The number of aromatic nitrogens is 18. The Morgan fingerprint density at radius 2 is 0.347 bits per heavy atom. The van der Waals surface area contributed by atoms with Crippen LogP contribution < -0.4 is 81.9 Å². The summed E-state index contributed by atoms with van der Waals surface area (Å²) in [6.45, 7) is 0. The minimum absolute atomic E-state index is 0. The Balaban J connectivity index is 0.000000865. The topological polar surface area (TPSA) is 314 Å². The molecular weight excluding hydrogens is 2910 g/mol. The van der Waals surface area contributed by atoms with Crippen molar-refractivity contribution >= 4 is 259 Å². The van der Waals surface area contributed by atoms with Crippen LogP contribution in [-0.4, -0.2) is 68.3 Å². The Hall–Kier alpha value is -6.80. The molecule has 44 heteroatoms. The van der Waals surface area contributed by atoms with Crippen molar-refractivity contribution in [1.82, 2.24) is 95.9 Å². The largest absolute Gasteiger partial charge is 2.00 e. The monoisotopic (exact) mass is 2970 g/mol. The molecule has 0 saturated heterocycles. The molecular formula is C103H80Br9Cl6Cu6N19O2P2. The van der Waals surface area contributed by atoms with E-state index in [0.29, 0.717) is 11.8 Å². The summed E-state index contributed by atoms with van der Waals surface area (Å²) in [6, 6.07) is 126. The molecule has 0 aliphatic heterocycles. The van der Waals surface area contributed by atoms with Crippen molar-refractivity contribution in [3.63, 3.8) is 0 Å². The van der Waals surface area contributed by atoms with Crippen LogP contribution in [0.4, 0.5) is 0 Å². The van der Waals surface area contributed by atoms with Gasteiger partial charge in [0.1, 0.15) is 0 Å². The fourth-order valence-electron chi connectivity index (χ4n) is 12.1. The normalized spacial score (nSPS) is 9.52. The van der Waals surface area contributed by atoms with E-state index in [1.54, 1.807) is 74.4 Å². The van der Waals surface area contributed by atoms with Gasteiger partial charge in [-0.2, -0.15) is 0 Å². The van der Waals surface area contributed by atoms with Crippen LogP contribution in [0.2, 0.25) is 0 Å². The predicted molar refractivity (Wildman–Crippen MR) is 608 cm³/mol. The quantitative estimate of drug-likeness (QED) is 0.0448. The van der Waals surface area contributed by atoms with Gasteiger partial charge in [-0.25, -0.2) is 0 Å². The van der Waals surface area contributed by atoms with Crippen LogP contribution in [0.5, 0.6) is 0 Å². The van der Waals surface area contributed by atoms with Gasteiger partial charge in [0.15, 0.2) is 0 Å². The Morgan fingerprint density at radius 3 is 0.463 bits per heavy atom. The second kappa shape index (κ2) is 81.0. The number of alkyl halides is 6. The summed E-state index contributed by atoms with van der Waals surface area (Å²) in [5.74, 6) is 1.11. The molecule has 12 aromatic carbocycles. The number of benzene rings is 12. The number of halogens is 15. The first-order chi connectivity index (χ1) is 68.0. The summed E-state index contributed by atoms with van der Waals surface area (Å²) in [5.41, 5.74) is 11.7.